The molecule has 2 atom stereocenters. The second-order valence-electron chi connectivity index (χ2n) is 3.64. The molecule has 0 aromatic heterocycles. The molecule has 8 heteroatoms. The van der Waals surface area contributed by atoms with Crippen LogP contribution >= 0.6 is 11.6 Å². The molecule has 0 aliphatic heterocycles. The molecular weight excluding hydrogens is 279 g/mol. The number of ether oxygens (including phenoxy) is 1. The average molecular weight is 291 g/mol. The molecule has 19 heavy (non-hydrogen) atoms. The first-order chi connectivity index (χ1) is 8.88. The van der Waals surface area contributed by atoms with Crippen LogP contribution in [0.2, 0.25) is 5.02 Å². The van der Waals surface area contributed by atoms with E-state index in [1.807, 2.05) is 0 Å². The minimum absolute atomic E-state index is 0.0103. The molecule has 0 aliphatic rings. The van der Waals surface area contributed by atoms with E-state index in [2.05, 4.69) is 4.74 Å². The number of benzene rings is 1. The van der Waals surface area contributed by atoms with Gasteiger partial charge in [0.2, 0.25) is 6.17 Å². The van der Waals surface area contributed by atoms with Crippen molar-refractivity contribution in [3.8, 4) is 0 Å². The third kappa shape index (κ3) is 3.62. The highest BCUT2D eigenvalue weighted by atomic mass is 35.5. The smallest absolute Gasteiger partial charge is 0.342 e. The zero-order chi connectivity index (χ0) is 14.6. The van der Waals surface area contributed by atoms with Crippen LogP contribution in [0.5, 0.6) is 0 Å². The van der Waals surface area contributed by atoms with Gasteiger partial charge in [-0.15, -0.1) is 0 Å². The number of halogens is 2. The minimum atomic E-state index is -2.20. The molecule has 0 aliphatic carbocycles. The maximum absolute atomic E-state index is 13.8. The Hall–Kier alpha value is -1.73. The van der Waals surface area contributed by atoms with Crippen molar-refractivity contribution in [2.45, 2.75) is 19.1 Å². The van der Waals surface area contributed by atoms with Crippen molar-refractivity contribution in [3.05, 3.63) is 38.9 Å². The normalized spacial score (nSPS) is 13.7. The van der Waals surface area contributed by atoms with E-state index in [9.17, 15) is 19.3 Å². The van der Waals surface area contributed by atoms with Crippen LogP contribution < -0.4 is 5.73 Å². The van der Waals surface area contributed by atoms with Crippen LogP contribution in [-0.4, -0.2) is 23.7 Å². The van der Waals surface area contributed by atoms with Gasteiger partial charge < -0.3 is 10.5 Å². The Morgan fingerprint density at radius 3 is 2.79 bits per heavy atom. The number of carbonyl (C=O) groups excluding carboxylic acids is 1. The molecule has 0 heterocycles. The lowest BCUT2D eigenvalue weighted by Crippen LogP contribution is -2.32. The summed E-state index contributed by atoms with van der Waals surface area (Å²) >= 11 is 5.69. The quantitative estimate of drug-likeness (QED) is 0.509. The molecule has 0 spiro atoms. The summed E-state index contributed by atoms with van der Waals surface area (Å²) in [6.07, 6.45) is -2.20. The Balaban J connectivity index is 3.10. The molecule has 0 fully saturated rings. The summed E-state index contributed by atoms with van der Waals surface area (Å²) in [7, 11) is 0. The highest BCUT2D eigenvalue weighted by molar-refractivity contribution is 6.30. The Morgan fingerprint density at radius 1 is 1.63 bits per heavy atom. The lowest BCUT2D eigenvalue weighted by atomic mass is 10.0. The first-order valence-electron chi connectivity index (χ1n) is 5.38. The Bertz CT molecular complexity index is 498. The highest BCUT2D eigenvalue weighted by Crippen LogP contribution is 2.30. The van der Waals surface area contributed by atoms with Gasteiger partial charge in [0, 0.05) is 11.1 Å². The van der Waals surface area contributed by atoms with Gasteiger partial charge in [0.25, 0.3) is 5.69 Å². The molecule has 6 nitrogen and oxygen atoms in total. The first kappa shape index (κ1) is 15.3. The number of carbonyl (C=O) groups is 1. The molecule has 1 unspecified atom stereocenters. The van der Waals surface area contributed by atoms with Gasteiger partial charge in [-0.05, 0) is 19.1 Å². The lowest BCUT2D eigenvalue weighted by Gasteiger charge is -2.16. The van der Waals surface area contributed by atoms with E-state index in [0.717, 1.165) is 12.1 Å². The molecule has 1 aromatic carbocycles. The number of rotatable bonds is 5. The first-order valence-corrected chi connectivity index (χ1v) is 5.76. The van der Waals surface area contributed by atoms with Crippen LogP contribution in [0.3, 0.4) is 0 Å². The van der Waals surface area contributed by atoms with Crippen molar-refractivity contribution in [1.29, 1.82) is 0 Å². The van der Waals surface area contributed by atoms with Gasteiger partial charge in [-0.2, -0.15) is 0 Å². The van der Waals surface area contributed by atoms with Crippen LogP contribution in [-0.2, 0) is 9.53 Å². The van der Waals surface area contributed by atoms with E-state index in [-0.39, 0.29) is 17.2 Å². The number of nitro benzene ring substituents is 1. The van der Waals surface area contributed by atoms with E-state index in [1.54, 1.807) is 0 Å². The largest absolute Gasteiger partial charge is 0.464 e. The number of hydrogen-bond acceptors (Lipinski definition) is 5. The van der Waals surface area contributed by atoms with Crippen molar-refractivity contribution >= 4 is 23.3 Å². The molecule has 0 radical (unpaired) electrons. The fourth-order valence-corrected chi connectivity index (χ4v) is 1.67. The predicted molar refractivity (Wildman–Crippen MR) is 66.6 cm³/mol. The van der Waals surface area contributed by atoms with Crippen molar-refractivity contribution < 1.29 is 18.8 Å². The molecule has 104 valence electrons. The molecule has 0 saturated carbocycles. The number of nitro groups is 1. The molecule has 0 bridgehead atoms. The van der Waals surface area contributed by atoms with Crippen LogP contribution in [0.1, 0.15) is 18.5 Å². The Morgan fingerprint density at radius 2 is 2.26 bits per heavy atom. The number of alkyl halides is 1. The molecule has 0 saturated heterocycles. The van der Waals surface area contributed by atoms with Gasteiger partial charge in [0.05, 0.1) is 23.1 Å². The van der Waals surface area contributed by atoms with Crippen LogP contribution in [0.15, 0.2) is 18.2 Å². The van der Waals surface area contributed by atoms with Crippen LogP contribution in [0, 0.1) is 10.1 Å². The third-order valence-electron chi connectivity index (χ3n) is 2.37. The summed E-state index contributed by atoms with van der Waals surface area (Å²) in [5, 5.41) is 11.0. The fraction of sp³-hybridized carbons (Fsp3) is 0.364. The maximum atomic E-state index is 13.8. The number of nitrogens with two attached hydrogens (primary N) is 1. The summed E-state index contributed by atoms with van der Waals surface area (Å²) in [4.78, 5) is 21.3. The van der Waals surface area contributed by atoms with Crippen molar-refractivity contribution in [3.63, 3.8) is 0 Å². The van der Waals surface area contributed by atoms with Gasteiger partial charge in [-0.1, -0.05) is 11.6 Å². The predicted octanol–water partition coefficient (Wildman–Crippen LogP) is 2.15. The van der Waals surface area contributed by atoms with Crippen molar-refractivity contribution in [1.82, 2.24) is 0 Å². The number of esters is 1. The second kappa shape index (κ2) is 6.44. The van der Waals surface area contributed by atoms with E-state index in [1.165, 1.54) is 13.0 Å². The maximum Gasteiger partial charge on any atom is 0.342 e. The van der Waals surface area contributed by atoms with E-state index in [0.29, 0.717) is 0 Å². The van der Waals surface area contributed by atoms with Gasteiger partial charge >= 0.3 is 5.97 Å². The van der Waals surface area contributed by atoms with Gasteiger partial charge in [-0.3, -0.25) is 10.1 Å². The van der Waals surface area contributed by atoms with Crippen LogP contribution in [0.25, 0.3) is 0 Å². The van der Waals surface area contributed by atoms with Crippen molar-refractivity contribution in [2.75, 3.05) is 6.61 Å². The zero-order valence-electron chi connectivity index (χ0n) is 10.0. The Kier molecular flexibility index (Phi) is 5.20. The highest BCUT2D eigenvalue weighted by Gasteiger charge is 2.32. The Labute approximate surface area is 113 Å². The second-order valence-corrected chi connectivity index (χ2v) is 4.08. The summed E-state index contributed by atoms with van der Waals surface area (Å²) in [6, 6.07) is 2.04. The number of hydrogen-bond donors (Lipinski definition) is 1. The van der Waals surface area contributed by atoms with Gasteiger partial charge in [0.1, 0.15) is 0 Å². The van der Waals surface area contributed by atoms with Crippen molar-refractivity contribution in [2.24, 2.45) is 5.73 Å². The molecule has 2 N–H and O–H groups in total. The topological polar surface area (TPSA) is 95.5 Å². The van der Waals surface area contributed by atoms with Gasteiger partial charge in [-0.25, -0.2) is 9.18 Å². The SMILES string of the molecule is CCOC(=O)C(F)[C@@H](N)c1cc(Cl)ccc1[N+](=O)[O-]. The average Bonchev–Trinajstić information content (AvgIpc) is 2.36. The molecule has 1 aromatic rings. The van der Waals surface area contributed by atoms with E-state index >= 15 is 0 Å². The summed E-state index contributed by atoms with van der Waals surface area (Å²) in [5.41, 5.74) is 4.98. The molecule has 1 rings (SSSR count). The molecule has 0 amide bonds. The fourth-order valence-electron chi connectivity index (χ4n) is 1.48. The lowest BCUT2D eigenvalue weighted by molar-refractivity contribution is -0.385. The zero-order valence-corrected chi connectivity index (χ0v) is 10.8. The van der Waals surface area contributed by atoms with E-state index < -0.39 is 28.8 Å². The summed E-state index contributed by atoms with van der Waals surface area (Å²) in [5.74, 6) is -1.16. The third-order valence-corrected chi connectivity index (χ3v) is 2.61. The summed E-state index contributed by atoms with van der Waals surface area (Å²) < 4.78 is 18.3. The standard InChI is InChI=1S/C11H12ClFN2O4/c1-2-19-11(16)9(13)10(14)7-5-6(12)3-4-8(7)15(17)18/h3-5,9-10H,2,14H2,1H3/t9?,10-/m0/s1. The van der Waals surface area contributed by atoms with Gasteiger partial charge in [0.15, 0.2) is 0 Å². The molecular formula is C11H12ClFN2O4. The van der Waals surface area contributed by atoms with Crippen LogP contribution in [0.4, 0.5) is 10.1 Å². The monoisotopic (exact) mass is 290 g/mol. The summed E-state index contributed by atoms with van der Waals surface area (Å²) in [6.45, 7) is 1.50. The number of nitrogens with zero attached hydrogens (tertiary/aromatic N) is 1. The minimum Gasteiger partial charge on any atom is -0.464 e. The van der Waals surface area contributed by atoms with E-state index in [4.69, 9.17) is 17.3 Å².